The van der Waals surface area contributed by atoms with E-state index >= 15 is 0 Å². The molecule has 1 aliphatic rings. The van der Waals surface area contributed by atoms with Crippen molar-refractivity contribution >= 4 is 10.0 Å². The molecule has 2 rings (SSSR count). The molecule has 0 radical (unpaired) electrons. The number of hydrogen-bond acceptors (Lipinski definition) is 4. The second-order valence-electron chi connectivity index (χ2n) is 6.19. The second kappa shape index (κ2) is 6.41. The van der Waals surface area contributed by atoms with Crippen molar-refractivity contribution in [3.8, 4) is 6.07 Å². The van der Waals surface area contributed by atoms with Crippen molar-refractivity contribution in [2.75, 3.05) is 19.3 Å². The SMILES string of the molecule is Cc1c(CNC2CCN(S(C)(=O)=O)CC2C)cc(C#N)n1C. The van der Waals surface area contributed by atoms with Crippen LogP contribution in [0, 0.1) is 24.2 Å². The van der Waals surface area contributed by atoms with Gasteiger partial charge in [-0.2, -0.15) is 5.26 Å². The maximum absolute atomic E-state index is 11.6. The molecule has 0 saturated carbocycles. The molecule has 22 heavy (non-hydrogen) atoms. The van der Waals surface area contributed by atoms with E-state index in [-0.39, 0.29) is 5.92 Å². The summed E-state index contributed by atoms with van der Waals surface area (Å²) in [5.74, 6) is 0.267. The van der Waals surface area contributed by atoms with E-state index in [2.05, 4.69) is 18.3 Å². The van der Waals surface area contributed by atoms with Gasteiger partial charge in [-0.05, 0) is 30.9 Å². The Balaban J connectivity index is 1.98. The predicted molar refractivity (Wildman–Crippen MR) is 85.7 cm³/mol. The molecule has 2 atom stereocenters. The first-order valence-electron chi connectivity index (χ1n) is 7.47. The lowest BCUT2D eigenvalue weighted by Crippen LogP contribution is -2.49. The van der Waals surface area contributed by atoms with Crippen molar-refractivity contribution in [3.63, 3.8) is 0 Å². The van der Waals surface area contributed by atoms with E-state index in [4.69, 9.17) is 5.26 Å². The molecule has 6 nitrogen and oxygen atoms in total. The highest BCUT2D eigenvalue weighted by atomic mass is 32.2. The maximum atomic E-state index is 11.6. The van der Waals surface area contributed by atoms with Gasteiger partial charge in [-0.15, -0.1) is 0 Å². The molecule has 2 unspecified atom stereocenters. The van der Waals surface area contributed by atoms with Gasteiger partial charge >= 0.3 is 0 Å². The minimum absolute atomic E-state index is 0.267. The molecule has 7 heteroatoms. The molecule has 0 amide bonds. The lowest BCUT2D eigenvalue weighted by molar-refractivity contribution is 0.220. The normalized spacial score (nSPS) is 23.4. The lowest BCUT2D eigenvalue weighted by Gasteiger charge is -2.36. The third-order valence-electron chi connectivity index (χ3n) is 4.65. The van der Waals surface area contributed by atoms with Gasteiger partial charge in [0.2, 0.25) is 10.0 Å². The van der Waals surface area contributed by atoms with Crippen LogP contribution in [0.15, 0.2) is 6.07 Å². The molecular weight excluding hydrogens is 300 g/mol. The molecule has 0 bridgehead atoms. The van der Waals surface area contributed by atoms with Crippen LogP contribution in [-0.2, 0) is 23.6 Å². The van der Waals surface area contributed by atoms with Crippen LogP contribution in [0.1, 0.15) is 30.3 Å². The Morgan fingerprint density at radius 3 is 2.68 bits per heavy atom. The van der Waals surface area contributed by atoms with Crippen molar-refractivity contribution in [2.24, 2.45) is 13.0 Å². The van der Waals surface area contributed by atoms with Gasteiger partial charge in [0.05, 0.1) is 6.26 Å². The van der Waals surface area contributed by atoms with Crippen LogP contribution < -0.4 is 5.32 Å². The number of nitrogens with zero attached hydrogens (tertiary/aromatic N) is 3. The summed E-state index contributed by atoms with van der Waals surface area (Å²) in [7, 11) is -1.20. The molecule has 0 aliphatic carbocycles. The molecule has 1 N–H and O–H groups in total. The summed E-state index contributed by atoms with van der Waals surface area (Å²) in [5, 5.41) is 12.6. The summed E-state index contributed by atoms with van der Waals surface area (Å²) >= 11 is 0. The zero-order chi connectivity index (χ0) is 16.5. The van der Waals surface area contributed by atoms with Crippen LogP contribution in [0.2, 0.25) is 0 Å². The maximum Gasteiger partial charge on any atom is 0.211 e. The van der Waals surface area contributed by atoms with Crippen LogP contribution in [0.5, 0.6) is 0 Å². The molecule has 1 aromatic rings. The minimum Gasteiger partial charge on any atom is -0.340 e. The third-order valence-corrected chi connectivity index (χ3v) is 5.92. The van der Waals surface area contributed by atoms with Crippen molar-refractivity contribution in [2.45, 2.75) is 32.9 Å². The van der Waals surface area contributed by atoms with Crippen LogP contribution in [0.4, 0.5) is 0 Å². The fourth-order valence-electron chi connectivity index (χ4n) is 3.00. The predicted octanol–water partition coefficient (Wildman–Crippen LogP) is 0.965. The molecular formula is C15H24N4O2S. The summed E-state index contributed by atoms with van der Waals surface area (Å²) in [5.41, 5.74) is 2.87. The van der Waals surface area contributed by atoms with E-state index in [1.54, 1.807) is 4.31 Å². The lowest BCUT2D eigenvalue weighted by atomic mass is 9.95. The molecule has 1 aromatic heterocycles. The fourth-order valence-corrected chi connectivity index (χ4v) is 3.94. The summed E-state index contributed by atoms with van der Waals surface area (Å²) in [4.78, 5) is 0. The highest BCUT2D eigenvalue weighted by Crippen LogP contribution is 2.20. The minimum atomic E-state index is -3.10. The molecule has 1 saturated heterocycles. The molecule has 2 heterocycles. The Hall–Kier alpha value is -1.36. The Labute approximate surface area is 132 Å². The molecule has 1 fully saturated rings. The van der Waals surface area contributed by atoms with E-state index < -0.39 is 10.0 Å². The first-order valence-corrected chi connectivity index (χ1v) is 9.32. The number of nitrogens with one attached hydrogen (secondary N) is 1. The van der Waals surface area contributed by atoms with Crippen molar-refractivity contribution < 1.29 is 8.42 Å². The summed E-state index contributed by atoms with van der Waals surface area (Å²) in [6.07, 6.45) is 2.08. The van der Waals surface area contributed by atoms with Gasteiger partial charge in [0.1, 0.15) is 11.8 Å². The van der Waals surface area contributed by atoms with Gasteiger partial charge in [0, 0.05) is 38.4 Å². The van der Waals surface area contributed by atoms with Crippen molar-refractivity contribution in [1.82, 2.24) is 14.2 Å². The average molecular weight is 324 g/mol. The molecule has 1 aliphatic heterocycles. The van der Waals surface area contributed by atoms with Crippen molar-refractivity contribution in [3.05, 3.63) is 23.0 Å². The number of aromatic nitrogens is 1. The Bertz CT molecular complexity index is 687. The second-order valence-corrected chi connectivity index (χ2v) is 8.17. The van der Waals surface area contributed by atoms with Crippen LogP contribution in [0.3, 0.4) is 0 Å². The van der Waals surface area contributed by atoms with E-state index in [1.165, 1.54) is 6.26 Å². The van der Waals surface area contributed by atoms with Crippen LogP contribution in [0.25, 0.3) is 0 Å². The van der Waals surface area contributed by atoms with Gasteiger partial charge in [-0.1, -0.05) is 6.92 Å². The summed E-state index contributed by atoms with van der Waals surface area (Å²) in [6, 6.07) is 4.40. The van der Waals surface area contributed by atoms with Gasteiger partial charge < -0.3 is 9.88 Å². The topological polar surface area (TPSA) is 78.1 Å². The van der Waals surface area contributed by atoms with E-state index in [0.717, 1.165) is 17.7 Å². The summed E-state index contributed by atoms with van der Waals surface area (Å²) in [6.45, 7) is 5.92. The molecule has 122 valence electrons. The molecule has 0 spiro atoms. The van der Waals surface area contributed by atoms with E-state index in [1.807, 2.05) is 24.6 Å². The smallest absolute Gasteiger partial charge is 0.211 e. The standard InChI is InChI=1S/C15H24N4O2S/c1-11-10-19(22(4,20)21)6-5-15(11)17-9-13-7-14(8-16)18(3)12(13)2/h7,11,15,17H,5-6,9-10H2,1-4H3. The third kappa shape index (κ3) is 3.51. The first kappa shape index (κ1) is 17.0. The number of rotatable bonds is 4. The van der Waals surface area contributed by atoms with Gasteiger partial charge in [0.15, 0.2) is 0 Å². The molecule has 0 aromatic carbocycles. The van der Waals surface area contributed by atoms with E-state index in [0.29, 0.717) is 31.4 Å². The fraction of sp³-hybridized carbons (Fsp3) is 0.667. The largest absolute Gasteiger partial charge is 0.340 e. The Kier molecular flexibility index (Phi) is 4.95. The Morgan fingerprint density at radius 1 is 1.50 bits per heavy atom. The number of sulfonamides is 1. The van der Waals surface area contributed by atoms with E-state index in [9.17, 15) is 8.42 Å². The quantitative estimate of drug-likeness (QED) is 0.895. The average Bonchev–Trinajstić information content (AvgIpc) is 2.72. The first-order chi connectivity index (χ1) is 10.2. The van der Waals surface area contributed by atoms with Crippen LogP contribution in [-0.4, -0.2) is 42.7 Å². The van der Waals surface area contributed by atoms with Crippen LogP contribution >= 0.6 is 0 Å². The number of hydrogen-bond donors (Lipinski definition) is 1. The van der Waals surface area contributed by atoms with Gasteiger partial charge in [0.25, 0.3) is 0 Å². The van der Waals surface area contributed by atoms with Crippen molar-refractivity contribution in [1.29, 1.82) is 5.26 Å². The number of piperidine rings is 1. The zero-order valence-electron chi connectivity index (χ0n) is 13.6. The monoisotopic (exact) mass is 324 g/mol. The van der Waals surface area contributed by atoms with Gasteiger partial charge in [-0.25, -0.2) is 12.7 Å². The highest BCUT2D eigenvalue weighted by Gasteiger charge is 2.30. The Morgan fingerprint density at radius 2 is 2.18 bits per heavy atom. The zero-order valence-corrected chi connectivity index (χ0v) is 14.4. The highest BCUT2D eigenvalue weighted by molar-refractivity contribution is 7.88. The van der Waals surface area contributed by atoms with Gasteiger partial charge in [-0.3, -0.25) is 0 Å². The number of nitriles is 1. The summed E-state index contributed by atoms with van der Waals surface area (Å²) < 4.78 is 26.7.